The van der Waals surface area contributed by atoms with Crippen molar-refractivity contribution in [2.75, 3.05) is 10.6 Å². The fraction of sp³-hybridized carbons (Fsp3) is 0.250. The number of anilines is 3. The molecule has 0 spiro atoms. The number of allylic oxidation sites excluding steroid dienone is 1. The van der Waals surface area contributed by atoms with Crippen molar-refractivity contribution in [2.24, 2.45) is 5.41 Å². The molecule has 0 radical (unpaired) electrons. The second-order valence-electron chi connectivity index (χ2n) is 6.74. The average molecular weight is 323 g/mol. The van der Waals surface area contributed by atoms with E-state index in [9.17, 15) is 4.79 Å². The molecule has 0 heterocycles. The summed E-state index contributed by atoms with van der Waals surface area (Å²) in [7, 11) is 0. The van der Waals surface area contributed by atoms with Gasteiger partial charge in [-0.1, -0.05) is 44.5 Å². The standard InChI is InChI=1S/C20H25N3O/c1-15(20(2,3)4)14-21-19(24)23-18-12-10-17(11-13-18)22-16-8-6-5-7-9-16/h5-14,22H,1-4H3,(H2,21,23,24)/b15-14+. The number of benzene rings is 2. The van der Waals surface area contributed by atoms with Gasteiger partial charge in [-0.15, -0.1) is 0 Å². The smallest absolute Gasteiger partial charge is 0.323 e. The van der Waals surface area contributed by atoms with Crippen molar-refractivity contribution in [2.45, 2.75) is 27.7 Å². The van der Waals surface area contributed by atoms with Gasteiger partial charge in [-0.3, -0.25) is 0 Å². The van der Waals surface area contributed by atoms with Gasteiger partial charge in [0.05, 0.1) is 0 Å². The Labute approximate surface area is 144 Å². The highest BCUT2D eigenvalue weighted by Gasteiger charge is 2.12. The zero-order valence-electron chi connectivity index (χ0n) is 14.7. The summed E-state index contributed by atoms with van der Waals surface area (Å²) in [5, 5.41) is 8.88. The van der Waals surface area contributed by atoms with Gasteiger partial charge >= 0.3 is 6.03 Å². The Kier molecular flexibility index (Phi) is 5.64. The van der Waals surface area contributed by atoms with Crippen molar-refractivity contribution < 1.29 is 4.79 Å². The lowest BCUT2D eigenvalue weighted by Crippen LogP contribution is -2.25. The third kappa shape index (κ3) is 5.47. The van der Waals surface area contributed by atoms with E-state index >= 15 is 0 Å². The van der Waals surface area contributed by atoms with Gasteiger partial charge in [0.15, 0.2) is 0 Å². The Morgan fingerprint density at radius 3 is 2.00 bits per heavy atom. The average Bonchev–Trinajstić information content (AvgIpc) is 2.54. The van der Waals surface area contributed by atoms with E-state index in [2.05, 4.69) is 36.7 Å². The minimum Gasteiger partial charge on any atom is -0.356 e. The van der Waals surface area contributed by atoms with Crippen LogP contribution in [0.1, 0.15) is 27.7 Å². The highest BCUT2D eigenvalue weighted by atomic mass is 16.2. The SMILES string of the molecule is C/C(=C\NC(=O)Nc1ccc(Nc2ccccc2)cc1)C(C)(C)C. The molecule has 4 nitrogen and oxygen atoms in total. The van der Waals surface area contributed by atoms with Crippen molar-refractivity contribution in [1.82, 2.24) is 5.32 Å². The Hall–Kier alpha value is -2.75. The first-order valence-electron chi connectivity index (χ1n) is 8.01. The molecule has 24 heavy (non-hydrogen) atoms. The Bertz CT molecular complexity index is 698. The maximum atomic E-state index is 11.9. The number of urea groups is 1. The van der Waals surface area contributed by atoms with Crippen LogP contribution < -0.4 is 16.0 Å². The Morgan fingerprint density at radius 1 is 0.875 bits per heavy atom. The Morgan fingerprint density at radius 2 is 1.42 bits per heavy atom. The fourth-order valence-corrected chi connectivity index (χ4v) is 1.88. The van der Waals surface area contributed by atoms with Crippen LogP contribution >= 0.6 is 0 Å². The third-order valence-electron chi connectivity index (χ3n) is 3.81. The zero-order chi connectivity index (χ0) is 17.6. The number of nitrogens with one attached hydrogen (secondary N) is 3. The molecule has 2 amide bonds. The molecular weight excluding hydrogens is 298 g/mol. The molecule has 0 saturated carbocycles. The summed E-state index contributed by atoms with van der Waals surface area (Å²) in [5.74, 6) is 0. The van der Waals surface area contributed by atoms with Crippen molar-refractivity contribution in [3.63, 3.8) is 0 Å². The molecule has 0 aliphatic carbocycles. The van der Waals surface area contributed by atoms with Gasteiger partial charge in [0.2, 0.25) is 0 Å². The largest absolute Gasteiger partial charge is 0.356 e. The molecule has 3 N–H and O–H groups in total. The van der Waals surface area contributed by atoms with Crippen LogP contribution in [0.5, 0.6) is 0 Å². The van der Waals surface area contributed by atoms with Crippen molar-refractivity contribution in [3.05, 3.63) is 66.4 Å². The van der Waals surface area contributed by atoms with Gasteiger partial charge in [-0.25, -0.2) is 4.79 Å². The van der Waals surface area contributed by atoms with Crippen LogP contribution in [0.2, 0.25) is 0 Å². The van der Waals surface area contributed by atoms with Crippen LogP contribution in [0.15, 0.2) is 66.4 Å². The quantitative estimate of drug-likeness (QED) is 0.695. The van der Waals surface area contributed by atoms with Gasteiger partial charge in [-0.05, 0) is 48.7 Å². The van der Waals surface area contributed by atoms with Gasteiger partial charge in [-0.2, -0.15) is 0 Å². The summed E-state index contributed by atoms with van der Waals surface area (Å²) >= 11 is 0. The Balaban J connectivity index is 1.91. The maximum absolute atomic E-state index is 11.9. The van der Waals surface area contributed by atoms with E-state index in [0.717, 1.165) is 22.6 Å². The van der Waals surface area contributed by atoms with E-state index in [0.29, 0.717) is 0 Å². The summed E-state index contributed by atoms with van der Waals surface area (Å²) in [4.78, 5) is 11.9. The first-order valence-corrected chi connectivity index (χ1v) is 8.01. The predicted octanol–water partition coefficient (Wildman–Crippen LogP) is 5.50. The molecule has 0 aliphatic heterocycles. The molecule has 0 saturated heterocycles. The van der Waals surface area contributed by atoms with E-state index in [-0.39, 0.29) is 11.4 Å². The number of carbonyl (C=O) groups is 1. The highest BCUT2D eigenvalue weighted by molar-refractivity contribution is 5.90. The first kappa shape index (κ1) is 17.6. The highest BCUT2D eigenvalue weighted by Crippen LogP contribution is 2.23. The number of hydrogen-bond donors (Lipinski definition) is 3. The number of para-hydroxylation sites is 1. The lowest BCUT2D eigenvalue weighted by Gasteiger charge is -2.19. The van der Waals surface area contributed by atoms with Crippen LogP contribution in [0, 0.1) is 5.41 Å². The number of hydrogen-bond acceptors (Lipinski definition) is 2. The molecule has 2 aromatic carbocycles. The van der Waals surface area contributed by atoms with Crippen LogP contribution in [0.4, 0.5) is 21.9 Å². The van der Waals surface area contributed by atoms with Gasteiger partial charge in [0, 0.05) is 23.3 Å². The van der Waals surface area contributed by atoms with Gasteiger partial charge < -0.3 is 16.0 Å². The number of rotatable bonds is 4. The molecule has 2 rings (SSSR count). The van der Waals surface area contributed by atoms with E-state index in [4.69, 9.17) is 0 Å². The van der Waals surface area contributed by atoms with E-state index in [1.54, 1.807) is 6.20 Å². The maximum Gasteiger partial charge on any atom is 0.323 e. The van der Waals surface area contributed by atoms with E-state index in [1.165, 1.54) is 0 Å². The first-order chi connectivity index (χ1) is 11.3. The predicted molar refractivity (Wildman–Crippen MR) is 102 cm³/mol. The lowest BCUT2D eigenvalue weighted by molar-refractivity contribution is 0.255. The van der Waals surface area contributed by atoms with Crippen LogP contribution in [0.3, 0.4) is 0 Å². The monoisotopic (exact) mass is 323 g/mol. The molecule has 0 unspecified atom stereocenters. The summed E-state index contributed by atoms with van der Waals surface area (Å²) in [6.45, 7) is 8.33. The molecule has 0 aromatic heterocycles. The number of carbonyl (C=O) groups excluding carboxylic acids is 1. The molecule has 0 bridgehead atoms. The second kappa shape index (κ2) is 7.68. The van der Waals surface area contributed by atoms with Crippen LogP contribution in [0.25, 0.3) is 0 Å². The summed E-state index contributed by atoms with van der Waals surface area (Å²) in [5.41, 5.74) is 3.89. The molecular formula is C20H25N3O. The minimum absolute atomic E-state index is 0.0397. The van der Waals surface area contributed by atoms with Crippen molar-refractivity contribution >= 4 is 23.1 Å². The molecule has 2 aromatic rings. The normalized spacial score (nSPS) is 11.8. The van der Waals surface area contributed by atoms with Gasteiger partial charge in [0.25, 0.3) is 0 Å². The molecule has 0 atom stereocenters. The zero-order valence-corrected chi connectivity index (χ0v) is 14.7. The van der Waals surface area contributed by atoms with Crippen LogP contribution in [-0.2, 0) is 0 Å². The topological polar surface area (TPSA) is 53.2 Å². The van der Waals surface area contributed by atoms with E-state index < -0.39 is 0 Å². The van der Waals surface area contributed by atoms with Crippen molar-refractivity contribution in [3.8, 4) is 0 Å². The second-order valence-corrected chi connectivity index (χ2v) is 6.74. The molecule has 0 aliphatic rings. The lowest BCUT2D eigenvalue weighted by atomic mass is 9.88. The number of amides is 2. The van der Waals surface area contributed by atoms with E-state index in [1.807, 2.05) is 61.5 Å². The van der Waals surface area contributed by atoms with Crippen LogP contribution in [-0.4, -0.2) is 6.03 Å². The fourth-order valence-electron chi connectivity index (χ4n) is 1.88. The molecule has 0 fully saturated rings. The van der Waals surface area contributed by atoms with Gasteiger partial charge in [0.1, 0.15) is 0 Å². The van der Waals surface area contributed by atoms with Crippen molar-refractivity contribution in [1.29, 1.82) is 0 Å². The minimum atomic E-state index is -0.248. The molecule has 4 heteroatoms. The molecule has 126 valence electrons. The summed E-state index contributed by atoms with van der Waals surface area (Å²) in [6, 6.07) is 17.3. The summed E-state index contributed by atoms with van der Waals surface area (Å²) < 4.78 is 0. The summed E-state index contributed by atoms with van der Waals surface area (Å²) in [6.07, 6.45) is 1.75. The third-order valence-corrected chi connectivity index (χ3v) is 3.81.